The molecule has 0 aromatic heterocycles. The largest absolute Gasteiger partial charge is 0.378 e. The van der Waals surface area contributed by atoms with E-state index in [2.05, 4.69) is 5.32 Å². The van der Waals surface area contributed by atoms with Crippen molar-refractivity contribution in [2.45, 2.75) is 13.5 Å². The highest BCUT2D eigenvalue weighted by Gasteiger charge is 2.20. The Bertz CT molecular complexity index is 1160. The van der Waals surface area contributed by atoms with Crippen molar-refractivity contribution in [2.75, 3.05) is 30.9 Å². The van der Waals surface area contributed by atoms with Crippen LogP contribution in [0.25, 0.3) is 0 Å². The zero-order valence-electron chi connectivity index (χ0n) is 19.4. The van der Waals surface area contributed by atoms with Gasteiger partial charge < -0.3 is 15.1 Å². The molecular formula is C26H28N4O4. The number of amides is 3. The van der Waals surface area contributed by atoms with E-state index in [9.17, 15) is 14.4 Å². The molecule has 0 spiro atoms. The van der Waals surface area contributed by atoms with Gasteiger partial charge >= 0.3 is 0 Å². The quantitative estimate of drug-likeness (QED) is 0.353. The average Bonchev–Trinajstić information content (AvgIpc) is 2.84. The van der Waals surface area contributed by atoms with Gasteiger partial charge in [0.25, 0.3) is 11.8 Å². The Morgan fingerprint density at radius 1 is 0.882 bits per heavy atom. The molecule has 0 aliphatic heterocycles. The normalized spacial score (nSPS) is 10.4. The average molecular weight is 461 g/mol. The van der Waals surface area contributed by atoms with Crippen molar-refractivity contribution in [3.05, 3.63) is 95.1 Å². The van der Waals surface area contributed by atoms with Crippen LogP contribution in [0.3, 0.4) is 0 Å². The minimum atomic E-state index is -0.627. The fourth-order valence-electron chi connectivity index (χ4n) is 3.36. The summed E-state index contributed by atoms with van der Waals surface area (Å²) in [5.41, 5.74) is 5.66. The zero-order valence-corrected chi connectivity index (χ0v) is 19.4. The first-order valence-corrected chi connectivity index (χ1v) is 10.7. The fraction of sp³-hybridized carbons (Fsp3) is 0.192. The first-order valence-electron chi connectivity index (χ1n) is 10.7. The van der Waals surface area contributed by atoms with E-state index in [0.717, 1.165) is 16.8 Å². The number of benzene rings is 3. The molecule has 0 bridgehead atoms. The number of aryl methyl sites for hydroxylation is 1. The van der Waals surface area contributed by atoms with Crippen molar-refractivity contribution >= 4 is 29.1 Å². The van der Waals surface area contributed by atoms with Crippen LogP contribution in [-0.4, -0.2) is 48.5 Å². The summed E-state index contributed by atoms with van der Waals surface area (Å²) in [6.45, 7) is 1.97. The van der Waals surface area contributed by atoms with Crippen LogP contribution in [0.1, 0.15) is 31.8 Å². The smallest absolute Gasteiger partial charge is 0.274 e. The molecule has 0 aliphatic carbocycles. The summed E-state index contributed by atoms with van der Waals surface area (Å²) in [6, 6.07) is 21.1. The Morgan fingerprint density at radius 3 is 2.18 bits per heavy atom. The molecule has 8 nitrogen and oxygen atoms in total. The van der Waals surface area contributed by atoms with Crippen molar-refractivity contribution in [1.29, 1.82) is 0 Å². The van der Waals surface area contributed by atoms with E-state index in [4.69, 9.17) is 5.21 Å². The number of nitrogens with one attached hydrogen (secondary N) is 2. The van der Waals surface area contributed by atoms with Crippen molar-refractivity contribution in [2.24, 2.45) is 0 Å². The number of hydroxylamine groups is 1. The van der Waals surface area contributed by atoms with Gasteiger partial charge in [0.15, 0.2) is 0 Å². The molecule has 0 aliphatic rings. The molecular weight excluding hydrogens is 432 g/mol. The van der Waals surface area contributed by atoms with Gasteiger partial charge in [-0.25, -0.2) is 5.48 Å². The first-order chi connectivity index (χ1) is 16.3. The number of hydrogen-bond acceptors (Lipinski definition) is 5. The molecule has 3 aromatic carbocycles. The van der Waals surface area contributed by atoms with Crippen LogP contribution in [0.5, 0.6) is 0 Å². The van der Waals surface area contributed by atoms with Crippen molar-refractivity contribution in [1.82, 2.24) is 10.4 Å². The lowest BCUT2D eigenvalue weighted by Crippen LogP contribution is -2.37. The summed E-state index contributed by atoms with van der Waals surface area (Å²) >= 11 is 0. The second-order valence-corrected chi connectivity index (χ2v) is 8.16. The van der Waals surface area contributed by atoms with Crippen LogP contribution in [0.15, 0.2) is 72.8 Å². The van der Waals surface area contributed by atoms with Crippen LogP contribution in [-0.2, 0) is 11.3 Å². The van der Waals surface area contributed by atoms with E-state index in [0.29, 0.717) is 11.3 Å². The molecule has 0 saturated carbocycles. The van der Waals surface area contributed by atoms with E-state index in [1.807, 2.05) is 56.3 Å². The van der Waals surface area contributed by atoms with Crippen LogP contribution in [0.2, 0.25) is 0 Å². The molecule has 0 heterocycles. The van der Waals surface area contributed by atoms with Crippen LogP contribution < -0.4 is 15.7 Å². The van der Waals surface area contributed by atoms with E-state index < -0.39 is 5.91 Å². The fourth-order valence-corrected chi connectivity index (χ4v) is 3.36. The summed E-state index contributed by atoms with van der Waals surface area (Å²) in [5.74, 6) is -1.24. The number of anilines is 2. The highest BCUT2D eigenvalue weighted by Crippen LogP contribution is 2.17. The van der Waals surface area contributed by atoms with Gasteiger partial charge in [0, 0.05) is 43.1 Å². The summed E-state index contributed by atoms with van der Waals surface area (Å²) in [4.78, 5) is 41.1. The van der Waals surface area contributed by atoms with Crippen molar-refractivity contribution in [3.63, 3.8) is 0 Å². The maximum absolute atomic E-state index is 13.4. The highest BCUT2D eigenvalue weighted by atomic mass is 16.5. The molecule has 3 rings (SSSR count). The van der Waals surface area contributed by atoms with Crippen LogP contribution in [0.4, 0.5) is 11.4 Å². The second-order valence-electron chi connectivity index (χ2n) is 8.16. The lowest BCUT2D eigenvalue weighted by Gasteiger charge is -2.23. The van der Waals surface area contributed by atoms with Crippen molar-refractivity contribution < 1.29 is 19.6 Å². The van der Waals surface area contributed by atoms with E-state index in [1.54, 1.807) is 47.9 Å². The standard InChI is InChI=1S/C26H28N4O4/c1-18-7-13-22(14-8-18)27-24(31)17-30(16-19-9-11-20(12-10-19)25(32)28-34)26(33)21-5-4-6-23(15-21)29(2)3/h4-15,34H,16-17H2,1-3H3,(H,27,31)(H,28,32). The third-order valence-corrected chi connectivity index (χ3v) is 5.26. The van der Waals surface area contributed by atoms with E-state index >= 15 is 0 Å². The lowest BCUT2D eigenvalue weighted by molar-refractivity contribution is -0.117. The van der Waals surface area contributed by atoms with Crippen molar-refractivity contribution in [3.8, 4) is 0 Å². The van der Waals surface area contributed by atoms with Gasteiger partial charge in [-0.05, 0) is 55.0 Å². The third-order valence-electron chi connectivity index (χ3n) is 5.26. The van der Waals surface area contributed by atoms with Crippen LogP contribution >= 0.6 is 0 Å². The minimum absolute atomic E-state index is 0.155. The van der Waals surface area contributed by atoms with Gasteiger partial charge in [-0.3, -0.25) is 19.6 Å². The molecule has 8 heteroatoms. The van der Waals surface area contributed by atoms with E-state index in [-0.39, 0.29) is 30.5 Å². The summed E-state index contributed by atoms with van der Waals surface area (Å²) in [6.07, 6.45) is 0. The maximum Gasteiger partial charge on any atom is 0.274 e. The van der Waals surface area contributed by atoms with Gasteiger partial charge in [0.05, 0.1) is 0 Å². The molecule has 3 aromatic rings. The number of carbonyl (C=O) groups excluding carboxylic acids is 3. The Kier molecular flexibility index (Phi) is 8.00. The van der Waals surface area contributed by atoms with Gasteiger partial charge in [-0.1, -0.05) is 35.9 Å². The molecule has 0 saturated heterocycles. The molecule has 3 N–H and O–H groups in total. The Hall–Kier alpha value is -4.17. The summed E-state index contributed by atoms with van der Waals surface area (Å²) < 4.78 is 0. The number of rotatable bonds is 8. The molecule has 0 fully saturated rings. The molecule has 0 atom stereocenters. The SMILES string of the molecule is Cc1ccc(NC(=O)CN(Cc2ccc(C(=O)NO)cc2)C(=O)c2cccc(N(C)C)c2)cc1. The topological polar surface area (TPSA) is 102 Å². The lowest BCUT2D eigenvalue weighted by atomic mass is 10.1. The Labute approximate surface area is 198 Å². The molecule has 0 radical (unpaired) electrons. The second kappa shape index (κ2) is 11.1. The number of nitrogens with zero attached hydrogens (tertiary/aromatic N) is 2. The first kappa shape index (κ1) is 24.5. The molecule has 3 amide bonds. The summed E-state index contributed by atoms with van der Waals surface area (Å²) in [5, 5.41) is 11.6. The molecule has 0 unspecified atom stereocenters. The third kappa shape index (κ3) is 6.43. The minimum Gasteiger partial charge on any atom is -0.378 e. The Balaban J connectivity index is 1.83. The van der Waals surface area contributed by atoms with Gasteiger partial charge in [-0.2, -0.15) is 0 Å². The van der Waals surface area contributed by atoms with Gasteiger partial charge in [0.1, 0.15) is 6.54 Å². The van der Waals surface area contributed by atoms with Gasteiger partial charge in [0.2, 0.25) is 5.91 Å². The van der Waals surface area contributed by atoms with Crippen LogP contribution in [0, 0.1) is 6.92 Å². The monoisotopic (exact) mass is 460 g/mol. The van der Waals surface area contributed by atoms with E-state index in [1.165, 1.54) is 4.90 Å². The zero-order chi connectivity index (χ0) is 24.7. The predicted molar refractivity (Wildman–Crippen MR) is 131 cm³/mol. The number of hydrogen-bond donors (Lipinski definition) is 3. The Morgan fingerprint density at radius 2 is 1.56 bits per heavy atom. The summed E-state index contributed by atoms with van der Waals surface area (Å²) in [7, 11) is 3.78. The maximum atomic E-state index is 13.4. The van der Waals surface area contributed by atoms with Gasteiger partial charge in [-0.15, -0.1) is 0 Å². The highest BCUT2D eigenvalue weighted by molar-refractivity contribution is 6.00. The number of carbonyl (C=O) groups is 3. The molecule has 34 heavy (non-hydrogen) atoms. The predicted octanol–water partition coefficient (Wildman–Crippen LogP) is 3.46. The molecule has 176 valence electrons.